The molecule has 62 valence electrons. The Morgan fingerprint density at radius 2 is 2.00 bits per heavy atom. The number of carbonyl (C=O) groups excluding carboxylic acids is 1. The Balaban J connectivity index is 2.84. The maximum absolute atomic E-state index is 10.9. The van der Waals surface area contributed by atoms with E-state index in [1.54, 1.807) is 0 Å². The fraction of sp³-hybridized carbons (Fsp3) is 0.750. The molecule has 0 bridgehead atoms. The maximum Gasteiger partial charge on any atom is 0.343 e. The van der Waals surface area contributed by atoms with Gasteiger partial charge in [-0.3, -0.25) is 0 Å². The zero-order valence-corrected chi connectivity index (χ0v) is 7.34. The van der Waals surface area contributed by atoms with Crippen LogP contribution in [0.5, 0.6) is 0 Å². The van der Waals surface area contributed by atoms with Crippen molar-refractivity contribution in [3.63, 3.8) is 0 Å². The second-order valence-electron chi connectivity index (χ2n) is 3.86. The Morgan fingerprint density at radius 1 is 1.45 bits per heavy atom. The molecule has 0 aromatic carbocycles. The van der Waals surface area contributed by atoms with Crippen LogP contribution in [0.25, 0.3) is 0 Å². The first-order chi connectivity index (χ1) is 4.93. The van der Waals surface area contributed by atoms with Gasteiger partial charge in [0.1, 0.15) is 0 Å². The molecule has 1 aliphatic heterocycles. The van der Waals surface area contributed by atoms with Gasteiger partial charge in [0.05, 0.1) is 11.6 Å². The van der Waals surface area contributed by atoms with Crippen molar-refractivity contribution in [2.75, 3.05) is 0 Å². The molecular formula is C8H13NO2. The van der Waals surface area contributed by atoms with Crippen molar-refractivity contribution >= 4 is 11.7 Å². The molecule has 1 rings (SSSR count). The largest absolute Gasteiger partial charge is 0.343 e. The molecule has 11 heavy (non-hydrogen) atoms. The van der Waals surface area contributed by atoms with E-state index in [-0.39, 0.29) is 17.3 Å². The predicted octanol–water partition coefficient (Wildman–Crippen LogP) is 1.58. The molecule has 0 saturated carbocycles. The molecule has 0 N–H and O–H groups in total. The highest BCUT2D eigenvalue weighted by molar-refractivity contribution is 6.06. The Morgan fingerprint density at radius 3 is 2.18 bits per heavy atom. The van der Waals surface area contributed by atoms with Crippen LogP contribution in [-0.2, 0) is 9.63 Å². The van der Waals surface area contributed by atoms with Crippen LogP contribution >= 0.6 is 0 Å². The normalized spacial score (nSPS) is 24.9. The third-order valence-electron chi connectivity index (χ3n) is 1.77. The molecule has 0 saturated heterocycles. The average molecular weight is 155 g/mol. The lowest BCUT2D eigenvalue weighted by molar-refractivity contribution is -0.142. The molecule has 0 aliphatic carbocycles. The monoisotopic (exact) mass is 155 g/mol. The van der Waals surface area contributed by atoms with Gasteiger partial charge in [0.2, 0.25) is 0 Å². The number of hydrogen-bond donors (Lipinski definition) is 0. The van der Waals surface area contributed by atoms with E-state index in [0.29, 0.717) is 0 Å². The topological polar surface area (TPSA) is 38.7 Å². The SMILES string of the molecule is C[C@H]1C(=O)ON=C1C(C)(C)C. The summed E-state index contributed by atoms with van der Waals surface area (Å²) in [6.45, 7) is 7.87. The van der Waals surface area contributed by atoms with Gasteiger partial charge in [0.25, 0.3) is 0 Å². The van der Waals surface area contributed by atoms with Gasteiger partial charge in [-0.15, -0.1) is 0 Å². The molecule has 3 heteroatoms. The lowest BCUT2D eigenvalue weighted by Crippen LogP contribution is -2.27. The van der Waals surface area contributed by atoms with Crippen LogP contribution in [0.15, 0.2) is 5.16 Å². The molecule has 0 aromatic heterocycles. The highest BCUT2D eigenvalue weighted by Gasteiger charge is 2.35. The van der Waals surface area contributed by atoms with Crippen molar-refractivity contribution in [1.29, 1.82) is 0 Å². The fourth-order valence-corrected chi connectivity index (χ4v) is 1.15. The zero-order valence-electron chi connectivity index (χ0n) is 7.34. The van der Waals surface area contributed by atoms with Gasteiger partial charge in [-0.25, -0.2) is 4.79 Å². The van der Waals surface area contributed by atoms with Crippen LogP contribution < -0.4 is 0 Å². The summed E-state index contributed by atoms with van der Waals surface area (Å²) in [5.41, 5.74) is 0.772. The van der Waals surface area contributed by atoms with E-state index in [1.807, 2.05) is 27.7 Å². The van der Waals surface area contributed by atoms with Crippen LogP contribution in [0.4, 0.5) is 0 Å². The zero-order chi connectivity index (χ0) is 8.65. The number of carbonyl (C=O) groups is 1. The molecule has 0 unspecified atom stereocenters. The minimum atomic E-state index is -0.241. The first-order valence-corrected chi connectivity index (χ1v) is 3.72. The van der Waals surface area contributed by atoms with Gasteiger partial charge >= 0.3 is 5.97 Å². The molecule has 3 nitrogen and oxygen atoms in total. The van der Waals surface area contributed by atoms with Gasteiger partial charge in [0.15, 0.2) is 0 Å². The van der Waals surface area contributed by atoms with Crippen molar-refractivity contribution in [3.8, 4) is 0 Å². The van der Waals surface area contributed by atoms with Gasteiger partial charge in [-0.05, 0) is 6.92 Å². The second-order valence-corrected chi connectivity index (χ2v) is 3.86. The fourth-order valence-electron chi connectivity index (χ4n) is 1.15. The van der Waals surface area contributed by atoms with E-state index < -0.39 is 0 Å². The Labute approximate surface area is 66.4 Å². The van der Waals surface area contributed by atoms with E-state index in [1.165, 1.54) is 0 Å². The third kappa shape index (κ3) is 1.42. The van der Waals surface area contributed by atoms with Crippen LogP contribution in [-0.4, -0.2) is 11.7 Å². The van der Waals surface area contributed by atoms with Crippen molar-refractivity contribution < 1.29 is 9.63 Å². The lowest BCUT2D eigenvalue weighted by atomic mass is 9.83. The van der Waals surface area contributed by atoms with E-state index >= 15 is 0 Å². The van der Waals surface area contributed by atoms with Crippen LogP contribution in [0, 0.1) is 11.3 Å². The summed E-state index contributed by atoms with van der Waals surface area (Å²) in [7, 11) is 0. The smallest absolute Gasteiger partial charge is 0.318 e. The van der Waals surface area contributed by atoms with Crippen molar-refractivity contribution in [1.82, 2.24) is 0 Å². The van der Waals surface area contributed by atoms with E-state index in [9.17, 15) is 4.79 Å². The summed E-state index contributed by atoms with van der Waals surface area (Å²) in [6.07, 6.45) is 0. The highest BCUT2D eigenvalue weighted by atomic mass is 16.7. The van der Waals surface area contributed by atoms with Crippen molar-refractivity contribution in [2.24, 2.45) is 16.5 Å². The summed E-state index contributed by atoms with van der Waals surface area (Å²) in [5.74, 6) is -0.412. The molecule has 0 fully saturated rings. The van der Waals surface area contributed by atoms with Gasteiger partial charge < -0.3 is 4.84 Å². The Bertz CT molecular complexity index is 213. The number of hydrogen-bond acceptors (Lipinski definition) is 3. The van der Waals surface area contributed by atoms with E-state index in [2.05, 4.69) is 9.99 Å². The van der Waals surface area contributed by atoms with Crippen LogP contribution in [0.2, 0.25) is 0 Å². The number of rotatable bonds is 0. The molecule has 1 atom stereocenters. The molecule has 0 aromatic rings. The van der Waals surface area contributed by atoms with Gasteiger partial charge in [-0.1, -0.05) is 25.9 Å². The van der Waals surface area contributed by atoms with E-state index in [0.717, 1.165) is 5.71 Å². The quantitative estimate of drug-likeness (QED) is 0.498. The molecule has 1 aliphatic rings. The standard InChI is InChI=1S/C8H13NO2/c1-5-6(8(2,3)4)9-11-7(5)10/h5H,1-4H3/t5-/m1/s1. The van der Waals surface area contributed by atoms with Gasteiger partial charge in [0, 0.05) is 5.41 Å². The third-order valence-corrected chi connectivity index (χ3v) is 1.77. The predicted molar refractivity (Wildman–Crippen MR) is 42.1 cm³/mol. The average Bonchev–Trinajstić information content (AvgIpc) is 2.11. The minimum Gasteiger partial charge on any atom is -0.318 e. The van der Waals surface area contributed by atoms with Gasteiger partial charge in [-0.2, -0.15) is 0 Å². The first-order valence-electron chi connectivity index (χ1n) is 3.72. The molecular weight excluding hydrogens is 142 g/mol. The van der Waals surface area contributed by atoms with E-state index in [4.69, 9.17) is 0 Å². The first kappa shape index (κ1) is 8.24. The van der Waals surface area contributed by atoms with Crippen LogP contribution in [0.1, 0.15) is 27.7 Å². The van der Waals surface area contributed by atoms with Crippen LogP contribution in [0.3, 0.4) is 0 Å². The summed E-state index contributed by atoms with van der Waals surface area (Å²) in [4.78, 5) is 15.4. The summed E-state index contributed by atoms with van der Waals surface area (Å²) in [5, 5.41) is 3.74. The molecule has 0 spiro atoms. The number of oxime groups is 1. The maximum atomic E-state index is 10.9. The summed E-state index contributed by atoms with van der Waals surface area (Å²) >= 11 is 0. The van der Waals surface area contributed by atoms with Crippen molar-refractivity contribution in [3.05, 3.63) is 0 Å². The minimum absolute atomic E-state index is 0.0639. The van der Waals surface area contributed by atoms with Crippen molar-refractivity contribution in [2.45, 2.75) is 27.7 Å². The molecule has 0 radical (unpaired) electrons. The summed E-state index contributed by atoms with van der Waals surface area (Å²) in [6, 6.07) is 0. The lowest BCUT2D eigenvalue weighted by Gasteiger charge is -2.18. The highest BCUT2D eigenvalue weighted by Crippen LogP contribution is 2.26. The Kier molecular flexibility index (Phi) is 1.74. The second kappa shape index (κ2) is 2.32. The molecule has 1 heterocycles. The summed E-state index contributed by atoms with van der Waals surface area (Å²) < 4.78 is 0. The Hall–Kier alpha value is -0.860. The molecule has 0 amide bonds. The number of nitrogens with zero attached hydrogens (tertiary/aromatic N) is 1.